The zero-order valence-corrected chi connectivity index (χ0v) is 11.4. The second kappa shape index (κ2) is 5.03. The molecule has 0 radical (unpaired) electrons. The Kier molecular flexibility index (Phi) is 3.66. The number of nitrogens with zero attached hydrogens (tertiary/aromatic N) is 1. The maximum absolute atomic E-state index is 11.8. The Morgan fingerprint density at radius 3 is 2.88 bits per heavy atom. The first-order chi connectivity index (χ1) is 8.06. The Bertz CT molecular complexity index is 573. The smallest absolute Gasteiger partial charge is 0.261 e. The number of carbonyl (C=O) groups excluding carboxylic acids is 1. The van der Waals surface area contributed by atoms with Crippen LogP contribution in [0.1, 0.15) is 10.4 Å². The monoisotopic (exact) mass is 332 g/mol. The fourth-order valence-corrected chi connectivity index (χ4v) is 2.44. The summed E-state index contributed by atoms with van der Waals surface area (Å²) in [5, 5.41) is 13.0. The van der Waals surface area contributed by atoms with Gasteiger partial charge in [-0.1, -0.05) is 22.9 Å². The molecule has 2 aromatic rings. The molecule has 7 heteroatoms. The van der Waals surface area contributed by atoms with Crippen molar-refractivity contribution in [1.82, 2.24) is 4.98 Å². The number of carbonyl (C=O) groups is 1. The topological polar surface area (TPSA) is 62.2 Å². The minimum Gasteiger partial charge on any atom is -0.507 e. The second-order valence-electron chi connectivity index (χ2n) is 3.09. The van der Waals surface area contributed by atoms with Crippen LogP contribution in [0.2, 0.25) is 5.02 Å². The van der Waals surface area contributed by atoms with Crippen LogP contribution in [-0.2, 0) is 0 Å². The molecular weight excluding hydrogens is 328 g/mol. The largest absolute Gasteiger partial charge is 0.507 e. The van der Waals surface area contributed by atoms with Crippen molar-refractivity contribution < 1.29 is 9.90 Å². The molecule has 1 aromatic heterocycles. The van der Waals surface area contributed by atoms with Crippen LogP contribution in [0.15, 0.2) is 28.2 Å². The summed E-state index contributed by atoms with van der Waals surface area (Å²) >= 11 is 10.2. The van der Waals surface area contributed by atoms with Gasteiger partial charge >= 0.3 is 0 Å². The number of aromatic nitrogens is 1. The number of hydrogen-bond donors (Lipinski definition) is 2. The lowest BCUT2D eigenvalue weighted by atomic mass is 10.2. The lowest BCUT2D eigenvalue weighted by Gasteiger charge is -2.04. The lowest BCUT2D eigenvalue weighted by Crippen LogP contribution is -2.11. The molecule has 0 fully saturated rings. The van der Waals surface area contributed by atoms with Gasteiger partial charge < -0.3 is 5.11 Å². The van der Waals surface area contributed by atoms with Crippen molar-refractivity contribution >= 4 is 49.9 Å². The zero-order chi connectivity index (χ0) is 12.4. The molecule has 2 rings (SSSR count). The average molecular weight is 334 g/mol. The number of aromatic hydroxyl groups is 1. The molecule has 0 atom stereocenters. The third kappa shape index (κ3) is 2.96. The first-order valence-corrected chi connectivity index (χ1v) is 6.46. The second-order valence-corrected chi connectivity index (χ2v) is 5.93. The summed E-state index contributed by atoms with van der Waals surface area (Å²) in [7, 11) is 0. The van der Waals surface area contributed by atoms with Crippen molar-refractivity contribution in [1.29, 1.82) is 0 Å². The average Bonchev–Trinajstić information content (AvgIpc) is 2.63. The Morgan fingerprint density at radius 2 is 2.29 bits per heavy atom. The van der Waals surface area contributed by atoms with Crippen molar-refractivity contribution in [2.24, 2.45) is 0 Å². The van der Waals surface area contributed by atoms with E-state index >= 15 is 0 Å². The standard InChI is InChI=1S/C10H6BrClN2O2S/c11-8-4-13-10(17-8)14-9(16)6-2-1-5(12)3-7(6)15/h1-4,15H,(H,13,14,16). The highest BCUT2D eigenvalue weighted by Crippen LogP contribution is 2.26. The molecule has 17 heavy (non-hydrogen) atoms. The minimum absolute atomic E-state index is 0.153. The molecule has 0 saturated heterocycles. The first-order valence-electron chi connectivity index (χ1n) is 4.47. The summed E-state index contributed by atoms with van der Waals surface area (Å²) in [5.74, 6) is -0.591. The number of nitrogens with one attached hydrogen (secondary N) is 1. The molecule has 0 saturated carbocycles. The Morgan fingerprint density at radius 1 is 1.53 bits per heavy atom. The van der Waals surface area contributed by atoms with Gasteiger partial charge in [-0.3, -0.25) is 10.1 Å². The summed E-state index contributed by atoms with van der Waals surface area (Å²) in [5.41, 5.74) is 0.153. The van der Waals surface area contributed by atoms with Crippen molar-refractivity contribution in [3.05, 3.63) is 38.8 Å². The van der Waals surface area contributed by atoms with Gasteiger partial charge in [0.25, 0.3) is 5.91 Å². The van der Waals surface area contributed by atoms with Crippen LogP contribution in [0.25, 0.3) is 0 Å². The van der Waals surface area contributed by atoms with Gasteiger partial charge in [0.1, 0.15) is 5.75 Å². The van der Waals surface area contributed by atoms with Crippen LogP contribution in [0, 0.1) is 0 Å². The van der Waals surface area contributed by atoms with Gasteiger partial charge in [-0.2, -0.15) is 0 Å². The first kappa shape index (κ1) is 12.3. The van der Waals surface area contributed by atoms with Crippen LogP contribution in [0.3, 0.4) is 0 Å². The molecule has 0 aliphatic carbocycles. The highest BCUT2D eigenvalue weighted by Gasteiger charge is 2.13. The number of thiazole rings is 1. The van der Waals surface area contributed by atoms with Crippen molar-refractivity contribution in [3.63, 3.8) is 0 Å². The molecule has 0 aliphatic rings. The summed E-state index contributed by atoms with van der Waals surface area (Å²) in [6.45, 7) is 0. The fraction of sp³-hybridized carbons (Fsp3) is 0. The molecule has 1 amide bonds. The number of anilines is 1. The van der Waals surface area contributed by atoms with Crippen molar-refractivity contribution in [2.45, 2.75) is 0 Å². The number of hydrogen-bond acceptors (Lipinski definition) is 4. The predicted octanol–water partition coefficient (Wildman–Crippen LogP) is 3.52. The van der Waals surface area contributed by atoms with Crippen LogP contribution < -0.4 is 5.32 Å². The Labute approximate surface area is 114 Å². The maximum atomic E-state index is 11.8. The van der Waals surface area contributed by atoms with Gasteiger partial charge in [-0.05, 0) is 34.1 Å². The van der Waals surface area contributed by atoms with Gasteiger partial charge in [-0.25, -0.2) is 4.98 Å². The molecule has 0 spiro atoms. The molecule has 4 nitrogen and oxygen atoms in total. The quantitative estimate of drug-likeness (QED) is 0.884. The van der Waals surface area contributed by atoms with Crippen LogP contribution in [0.5, 0.6) is 5.75 Å². The van der Waals surface area contributed by atoms with Crippen LogP contribution in [0.4, 0.5) is 5.13 Å². The number of rotatable bonds is 2. The third-order valence-corrected chi connectivity index (χ3v) is 3.53. The van der Waals surface area contributed by atoms with E-state index in [0.717, 1.165) is 3.79 Å². The van der Waals surface area contributed by atoms with E-state index in [1.54, 1.807) is 6.20 Å². The fourth-order valence-electron chi connectivity index (χ4n) is 1.17. The molecule has 1 heterocycles. The highest BCUT2D eigenvalue weighted by molar-refractivity contribution is 9.11. The van der Waals surface area contributed by atoms with E-state index in [0.29, 0.717) is 10.2 Å². The van der Waals surface area contributed by atoms with E-state index in [1.165, 1.54) is 29.5 Å². The Hall–Kier alpha value is -1.11. The summed E-state index contributed by atoms with van der Waals surface area (Å²) in [4.78, 5) is 15.8. The van der Waals surface area contributed by atoms with E-state index < -0.39 is 5.91 Å². The molecule has 1 aromatic carbocycles. The molecule has 0 aliphatic heterocycles. The number of amides is 1. The number of phenols is 1. The highest BCUT2D eigenvalue weighted by atomic mass is 79.9. The van der Waals surface area contributed by atoms with E-state index in [2.05, 4.69) is 26.2 Å². The SMILES string of the molecule is O=C(Nc1ncc(Br)s1)c1ccc(Cl)cc1O. The lowest BCUT2D eigenvalue weighted by molar-refractivity contribution is 0.102. The third-order valence-electron chi connectivity index (χ3n) is 1.90. The number of phenolic OH excluding ortho intramolecular Hbond substituents is 1. The van der Waals surface area contributed by atoms with Gasteiger partial charge in [-0.15, -0.1) is 0 Å². The Balaban J connectivity index is 2.20. The predicted molar refractivity (Wildman–Crippen MR) is 70.9 cm³/mol. The van der Waals surface area contributed by atoms with Crippen molar-refractivity contribution in [3.8, 4) is 5.75 Å². The van der Waals surface area contributed by atoms with Gasteiger partial charge in [0.05, 0.1) is 15.5 Å². The van der Waals surface area contributed by atoms with Crippen molar-refractivity contribution in [2.75, 3.05) is 5.32 Å². The summed E-state index contributed by atoms with van der Waals surface area (Å²) < 4.78 is 0.813. The normalized spacial score (nSPS) is 10.2. The van der Waals surface area contributed by atoms with E-state index in [-0.39, 0.29) is 11.3 Å². The maximum Gasteiger partial charge on any atom is 0.261 e. The van der Waals surface area contributed by atoms with E-state index in [4.69, 9.17) is 11.6 Å². The van der Waals surface area contributed by atoms with E-state index in [1.807, 2.05) is 0 Å². The summed E-state index contributed by atoms with van der Waals surface area (Å²) in [6.07, 6.45) is 1.59. The summed E-state index contributed by atoms with van der Waals surface area (Å²) in [6, 6.07) is 4.30. The van der Waals surface area contributed by atoms with Gasteiger partial charge in [0.2, 0.25) is 0 Å². The number of halogens is 2. The minimum atomic E-state index is -0.430. The van der Waals surface area contributed by atoms with E-state index in [9.17, 15) is 9.90 Å². The molecule has 2 N–H and O–H groups in total. The van der Waals surface area contributed by atoms with Crippen LogP contribution in [-0.4, -0.2) is 16.0 Å². The molecule has 0 bridgehead atoms. The van der Waals surface area contributed by atoms with Gasteiger partial charge in [0, 0.05) is 5.02 Å². The van der Waals surface area contributed by atoms with Gasteiger partial charge in [0.15, 0.2) is 5.13 Å². The molecule has 88 valence electrons. The zero-order valence-electron chi connectivity index (χ0n) is 8.28. The van der Waals surface area contributed by atoms with Crippen LogP contribution >= 0.6 is 38.9 Å². The molecular formula is C10H6BrClN2O2S. The molecule has 0 unspecified atom stereocenters. The number of benzene rings is 1.